The molecule has 0 unspecified atom stereocenters. The number of nitrogens with zero attached hydrogens (tertiary/aromatic N) is 1. The maximum Gasteiger partial charge on any atom is 0.410 e. The first-order chi connectivity index (χ1) is 16.0. The molecule has 0 radical (unpaired) electrons. The van der Waals surface area contributed by atoms with Crippen LogP contribution in [-0.4, -0.2) is 38.4 Å². The predicted octanol–water partition coefficient (Wildman–Crippen LogP) is 5.51. The van der Waals surface area contributed by atoms with Crippen molar-refractivity contribution in [1.29, 1.82) is 0 Å². The lowest BCUT2D eigenvalue weighted by Gasteiger charge is -2.44. The van der Waals surface area contributed by atoms with Crippen molar-refractivity contribution in [2.75, 3.05) is 13.2 Å². The zero-order valence-electron chi connectivity index (χ0n) is 21.0. The number of carbonyl (C=O) groups excluding carboxylic acids is 2. The topological polar surface area (TPSA) is 81.9 Å². The van der Waals surface area contributed by atoms with E-state index in [-0.39, 0.29) is 17.6 Å². The van der Waals surface area contributed by atoms with Gasteiger partial charge in [-0.25, -0.2) is 4.79 Å². The molecule has 34 heavy (non-hydrogen) atoms. The van der Waals surface area contributed by atoms with Gasteiger partial charge >= 0.3 is 6.09 Å². The van der Waals surface area contributed by atoms with Crippen LogP contribution in [0.1, 0.15) is 44.4 Å². The third-order valence-corrected chi connectivity index (χ3v) is 11.7. The van der Waals surface area contributed by atoms with Crippen LogP contribution < -0.4 is 5.73 Å². The van der Waals surface area contributed by atoms with Gasteiger partial charge in [-0.05, 0) is 41.6 Å². The summed E-state index contributed by atoms with van der Waals surface area (Å²) < 4.78 is 12.2. The first-order valence-electron chi connectivity index (χ1n) is 11.9. The van der Waals surface area contributed by atoms with Crippen LogP contribution >= 0.6 is 0 Å². The second-order valence-corrected chi connectivity index (χ2v) is 15.5. The Kier molecular flexibility index (Phi) is 8.20. The number of likely N-dealkylation sites (tertiary alicyclic amines) is 1. The summed E-state index contributed by atoms with van der Waals surface area (Å²) in [5, 5.41) is 0.0750. The van der Waals surface area contributed by atoms with E-state index >= 15 is 0 Å². The van der Waals surface area contributed by atoms with Crippen molar-refractivity contribution in [3.05, 3.63) is 71.8 Å². The Morgan fingerprint density at radius 3 is 2.18 bits per heavy atom. The SMILES string of the molecule is CC(C)(C)[Si](C)(C)OC[C@H]1C[C@H](C(N)=O)[C@H](c2ccccc2)N(C(=O)OCc2ccccc2)C1. The highest BCUT2D eigenvalue weighted by Crippen LogP contribution is 2.41. The Bertz CT molecular complexity index is 960. The third kappa shape index (κ3) is 6.27. The maximum atomic E-state index is 13.3. The van der Waals surface area contributed by atoms with Crippen LogP contribution in [0.2, 0.25) is 18.1 Å². The van der Waals surface area contributed by atoms with Crippen LogP contribution in [0, 0.1) is 11.8 Å². The molecule has 1 heterocycles. The summed E-state index contributed by atoms with van der Waals surface area (Å²) in [6.45, 7) is 12.1. The molecular weight excluding hydrogens is 444 g/mol. The van der Waals surface area contributed by atoms with Crippen molar-refractivity contribution in [2.45, 2.75) is 58.0 Å². The molecule has 2 aromatic rings. The number of hydrogen-bond acceptors (Lipinski definition) is 4. The molecule has 1 aliphatic rings. The smallest absolute Gasteiger partial charge is 0.410 e. The molecule has 3 rings (SSSR count). The number of hydrogen-bond donors (Lipinski definition) is 1. The van der Waals surface area contributed by atoms with Gasteiger partial charge in [-0.3, -0.25) is 9.69 Å². The van der Waals surface area contributed by atoms with Crippen LogP contribution in [0.15, 0.2) is 60.7 Å². The highest BCUT2D eigenvalue weighted by molar-refractivity contribution is 6.74. The molecule has 1 aliphatic heterocycles. The first-order valence-corrected chi connectivity index (χ1v) is 14.9. The molecule has 0 aliphatic carbocycles. The lowest BCUT2D eigenvalue weighted by Crippen LogP contribution is -2.52. The third-order valence-electron chi connectivity index (χ3n) is 7.19. The van der Waals surface area contributed by atoms with Crippen LogP contribution in [0.5, 0.6) is 0 Å². The minimum Gasteiger partial charge on any atom is -0.445 e. The first kappa shape index (κ1) is 26.0. The van der Waals surface area contributed by atoms with E-state index in [0.29, 0.717) is 19.6 Å². The Labute approximate surface area is 204 Å². The molecular formula is C27H38N2O4Si. The van der Waals surface area contributed by atoms with E-state index < -0.39 is 32.3 Å². The van der Waals surface area contributed by atoms with Crippen molar-refractivity contribution in [1.82, 2.24) is 4.90 Å². The van der Waals surface area contributed by atoms with Gasteiger partial charge in [0.2, 0.25) is 5.91 Å². The lowest BCUT2D eigenvalue weighted by atomic mass is 9.80. The number of amides is 2. The second kappa shape index (κ2) is 10.7. The van der Waals surface area contributed by atoms with E-state index in [1.165, 1.54) is 0 Å². The van der Waals surface area contributed by atoms with Gasteiger partial charge in [0.25, 0.3) is 0 Å². The van der Waals surface area contributed by atoms with E-state index in [9.17, 15) is 9.59 Å². The fourth-order valence-electron chi connectivity index (χ4n) is 4.16. The lowest BCUT2D eigenvalue weighted by molar-refractivity contribution is -0.126. The summed E-state index contributed by atoms with van der Waals surface area (Å²) in [6, 6.07) is 18.7. The van der Waals surface area contributed by atoms with Gasteiger partial charge in [-0.2, -0.15) is 0 Å². The summed E-state index contributed by atoms with van der Waals surface area (Å²) in [5.74, 6) is -0.934. The number of primary amides is 1. The minimum atomic E-state index is -1.98. The van der Waals surface area contributed by atoms with E-state index in [1.54, 1.807) is 4.90 Å². The molecule has 1 fully saturated rings. The fraction of sp³-hybridized carbons (Fsp3) is 0.481. The molecule has 2 aromatic carbocycles. The van der Waals surface area contributed by atoms with Crippen molar-refractivity contribution < 1.29 is 18.8 Å². The average molecular weight is 483 g/mol. The van der Waals surface area contributed by atoms with Gasteiger partial charge in [0.1, 0.15) is 6.61 Å². The van der Waals surface area contributed by atoms with Gasteiger partial charge in [-0.1, -0.05) is 81.4 Å². The summed E-state index contributed by atoms with van der Waals surface area (Å²) in [7, 11) is -1.98. The van der Waals surface area contributed by atoms with Crippen LogP contribution in [-0.2, 0) is 20.6 Å². The number of benzene rings is 2. The van der Waals surface area contributed by atoms with E-state index in [0.717, 1.165) is 11.1 Å². The maximum absolute atomic E-state index is 13.3. The molecule has 0 bridgehead atoms. The average Bonchev–Trinajstić information content (AvgIpc) is 2.81. The molecule has 1 saturated heterocycles. The Balaban J connectivity index is 1.84. The van der Waals surface area contributed by atoms with Crippen LogP contribution in [0.25, 0.3) is 0 Å². The fourth-order valence-corrected chi connectivity index (χ4v) is 5.24. The molecule has 0 aromatic heterocycles. The zero-order chi connectivity index (χ0) is 24.9. The largest absolute Gasteiger partial charge is 0.445 e. The van der Waals surface area contributed by atoms with Gasteiger partial charge in [0.05, 0.1) is 12.0 Å². The number of rotatable bonds is 7. The standard InChI is InChI=1S/C27H38N2O4Si/c1-27(2,3)34(4,5)33-19-21-16-23(25(28)30)24(22-14-10-7-11-15-22)29(17-21)26(31)32-18-20-12-8-6-9-13-20/h6-15,21,23-24H,16-19H2,1-5H3,(H2,28,30)/t21-,23-,24-/m0/s1. The minimum absolute atomic E-state index is 0.00383. The molecule has 184 valence electrons. The highest BCUT2D eigenvalue weighted by Gasteiger charge is 2.44. The van der Waals surface area contributed by atoms with E-state index in [2.05, 4.69) is 33.9 Å². The molecule has 2 N–H and O–H groups in total. The van der Waals surface area contributed by atoms with Crippen molar-refractivity contribution in [3.8, 4) is 0 Å². The highest BCUT2D eigenvalue weighted by atomic mass is 28.4. The van der Waals surface area contributed by atoms with Crippen LogP contribution in [0.4, 0.5) is 4.79 Å². The Morgan fingerprint density at radius 2 is 1.62 bits per heavy atom. The predicted molar refractivity (Wildman–Crippen MR) is 136 cm³/mol. The van der Waals surface area contributed by atoms with Crippen molar-refractivity contribution in [3.63, 3.8) is 0 Å². The van der Waals surface area contributed by atoms with Crippen LogP contribution in [0.3, 0.4) is 0 Å². The number of carbonyl (C=O) groups is 2. The van der Waals surface area contributed by atoms with Gasteiger partial charge < -0.3 is 14.9 Å². The van der Waals surface area contributed by atoms with Gasteiger partial charge in [0, 0.05) is 13.2 Å². The number of nitrogens with two attached hydrogens (primary N) is 1. The quantitative estimate of drug-likeness (QED) is 0.528. The number of ether oxygens (including phenoxy) is 1. The molecule has 7 heteroatoms. The number of piperidine rings is 1. The molecule has 0 spiro atoms. The van der Waals surface area contributed by atoms with Gasteiger partial charge in [-0.15, -0.1) is 0 Å². The monoisotopic (exact) mass is 482 g/mol. The van der Waals surface area contributed by atoms with E-state index in [4.69, 9.17) is 14.9 Å². The molecule has 2 amide bonds. The summed E-state index contributed by atoms with van der Waals surface area (Å²) in [5.41, 5.74) is 7.68. The normalized spacial score (nSPS) is 21.2. The van der Waals surface area contributed by atoms with E-state index in [1.807, 2.05) is 60.7 Å². The van der Waals surface area contributed by atoms with Crippen molar-refractivity contribution in [2.24, 2.45) is 17.6 Å². The van der Waals surface area contributed by atoms with Gasteiger partial charge in [0.15, 0.2) is 8.32 Å². The molecule has 6 nitrogen and oxygen atoms in total. The second-order valence-electron chi connectivity index (χ2n) is 10.7. The Hall–Kier alpha value is -2.64. The molecule has 3 atom stereocenters. The summed E-state index contributed by atoms with van der Waals surface area (Å²) >= 11 is 0. The zero-order valence-corrected chi connectivity index (χ0v) is 22.0. The van der Waals surface area contributed by atoms with Crippen molar-refractivity contribution >= 4 is 20.3 Å². The molecule has 0 saturated carbocycles. The summed E-state index contributed by atoms with van der Waals surface area (Å²) in [4.78, 5) is 27.6. The summed E-state index contributed by atoms with van der Waals surface area (Å²) in [6.07, 6.45) is 0.132. The Morgan fingerprint density at radius 1 is 1.03 bits per heavy atom.